The Kier molecular flexibility index (Phi) is 4.82. The lowest BCUT2D eigenvalue weighted by molar-refractivity contribution is 0.186. The lowest BCUT2D eigenvalue weighted by Crippen LogP contribution is -2.05. The van der Waals surface area contributed by atoms with E-state index in [-0.39, 0.29) is 0 Å². The average molecular weight is 345 g/mol. The van der Waals surface area contributed by atoms with Crippen molar-refractivity contribution >= 4 is 34.4 Å². The van der Waals surface area contributed by atoms with E-state index in [9.17, 15) is 0 Å². The SMILES string of the molecule is COCCn1c(Sc2cccc(C#N)n2)nc2cc(Cl)ccc21. The minimum Gasteiger partial charge on any atom is -0.383 e. The molecule has 0 amide bonds. The van der Waals surface area contributed by atoms with E-state index in [2.05, 4.69) is 14.5 Å². The van der Waals surface area contributed by atoms with E-state index in [0.29, 0.717) is 23.9 Å². The Bertz CT molecular complexity index is 887. The number of aromatic nitrogens is 3. The average Bonchev–Trinajstić information content (AvgIpc) is 2.89. The van der Waals surface area contributed by atoms with Crippen molar-refractivity contribution in [1.29, 1.82) is 5.26 Å². The van der Waals surface area contributed by atoms with Gasteiger partial charge in [0.05, 0.1) is 17.6 Å². The summed E-state index contributed by atoms with van der Waals surface area (Å²) in [5.41, 5.74) is 2.20. The zero-order valence-corrected chi connectivity index (χ0v) is 13.9. The van der Waals surface area contributed by atoms with Crippen molar-refractivity contribution in [2.24, 2.45) is 0 Å². The molecule has 0 aliphatic carbocycles. The van der Waals surface area contributed by atoms with Crippen LogP contribution in [-0.4, -0.2) is 28.3 Å². The number of methoxy groups -OCH3 is 1. The molecule has 0 unspecified atom stereocenters. The summed E-state index contributed by atoms with van der Waals surface area (Å²) in [6.45, 7) is 1.25. The van der Waals surface area contributed by atoms with Gasteiger partial charge in [0.1, 0.15) is 16.8 Å². The van der Waals surface area contributed by atoms with Crippen LogP contribution < -0.4 is 0 Å². The summed E-state index contributed by atoms with van der Waals surface area (Å²) in [6, 6.07) is 13.0. The topological polar surface area (TPSA) is 63.7 Å². The summed E-state index contributed by atoms with van der Waals surface area (Å²) < 4.78 is 7.26. The molecule has 23 heavy (non-hydrogen) atoms. The molecule has 0 spiro atoms. The molecular formula is C16H13ClN4OS. The van der Waals surface area contributed by atoms with Gasteiger partial charge in [0, 0.05) is 18.7 Å². The second-order valence-electron chi connectivity index (χ2n) is 4.75. The van der Waals surface area contributed by atoms with Crippen LogP contribution in [0.2, 0.25) is 5.02 Å². The largest absolute Gasteiger partial charge is 0.383 e. The van der Waals surface area contributed by atoms with Gasteiger partial charge in [0.2, 0.25) is 0 Å². The first kappa shape index (κ1) is 15.8. The van der Waals surface area contributed by atoms with E-state index >= 15 is 0 Å². The molecule has 0 saturated carbocycles. The minimum absolute atomic E-state index is 0.387. The fourth-order valence-corrected chi connectivity index (χ4v) is 3.27. The molecule has 0 radical (unpaired) electrons. The standard InChI is InChI=1S/C16H13ClN4OS/c1-22-8-7-21-14-6-5-11(17)9-13(14)20-16(21)23-15-4-2-3-12(10-18)19-15/h2-6,9H,7-8H2,1H3. The van der Waals surface area contributed by atoms with Gasteiger partial charge in [-0.25, -0.2) is 9.97 Å². The first-order chi connectivity index (χ1) is 11.2. The van der Waals surface area contributed by atoms with Crippen LogP contribution >= 0.6 is 23.4 Å². The molecular weight excluding hydrogens is 332 g/mol. The van der Waals surface area contributed by atoms with Crippen molar-refractivity contribution in [3.8, 4) is 6.07 Å². The third kappa shape index (κ3) is 3.48. The molecule has 1 aromatic carbocycles. The summed E-state index contributed by atoms with van der Waals surface area (Å²) in [7, 11) is 1.67. The van der Waals surface area contributed by atoms with Gasteiger partial charge in [0.25, 0.3) is 0 Å². The highest BCUT2D eigenvalue weighted by Crippen LogP contribution is 2.30. The van der Waals surface area contributed by atoms with Crippen molar-refractivity contribution in [2.45, 2.75) is 16.7 Å². The summed E-state index contributed by atoms with van der Waals surface area (Å²) >= 11 is 7.47. The fourth-order valence-electron chi connectivity index (χ4n) is 2.18. The van der Waals surface area contributed by atoms with Gasteiger partial charge in [0.15, 0.2) is 5.16 Å². The Balaban J connectivity index is 2.02. The highest BCUT2D eigenvalue weighted by atomic mass is 35.5. The zero-order chi connectivity index (χ0) is 16.2. The van der Waals surface area contributed by atoms with E-state index in [0.717, 1.165) is 21.2 Å². The molecule has 0 saturated heterocycles. The zero-order valence-electron chi connectivity index (χ0n) is 12.4. The molecule has 0 fully saturated rings. The first-order valence-electron chi connectivity index (χ1n) is 6.91. The summed E-state index contributed by atoms with van der Waals surface area (Å²) in [5, 5.41) is 11.1. The maximum atomic E-state index is 8.97. The number of nitrogens with zero attached hydrogens (tertiary/aromatic N) is 4. The van der Waals surface area contributed by atoms with Crippen molar-refractivity contribution in [3.63, 3.8) is 0 Å². The molecule has 2 aromatic heterocycles. The quantitative estimate of drug-likeness (QED) is 0.705. The molecule has 2 heterocycles. The number of fused-ring (bicyclic) bond motifs is 1. The number of imidazole rings is 1. The van der Waals surface area contributed by atoms with Crippen molar-refractivity contribution in [2.75, 3.05) is 13.7 Å². The third-order valence-corrected chi connectivity index (χ3v) is 4.39. The molecule has 0 N–H and O–H groups in total. The Labute approximate surface area is 142 Å². The number of nitriles is 1. The molecule has 3 aromatic rings. The summed E-state index contributed by atoms with van der Waals surface area (Å²) in [6.07, 6.45) is 0. The van der Waals surface area contributed by atoms with Crippen LogP contribution in [0.4, 0.5) is 0 Å². The molecule has 0 aliphatic heterocycles. The van der Waals surface area contributed by atoms with Gasteiger partial charge >= 0.3 is 0 Å². The van der Waals surface area contributed by atoms with E-state index in [4.69, 9.17) is 21.6 Å². The minimum atomic E-state index is 0.387. The number of halogens is 1. The number of hydrogen-bond donors (Lipinski definition) is 0. The van der Waals surface area contributed by atoms with Crippen molar-refractivity contribution in [1.82, 2.24) is 14.5 Å². The van der Waals surface area contributed by atoms with E-state index in [1.54, 1.807) is 13.2 Å². The lowest BCUT2D eigenvalue weighted by Gasteiger charge is -2.08. The van der Waals surface area contributed by atoms with Gasteiger partial charge in [-0.05, 0) is 42.1 Å². The fraction of sp³-hybridized carbons (Fsp3) is 0.188. The summed E-state index contributed by atoms with van der Waals surface area (Å²) in [5.74, 6) is 0. The van der Waals surface area contributed by atoms with Gasteiger partial charge < -0.3 is 9.30 Å². The number of ether oxygens (including phenoxy) is 1. The van der Waals surface area contributed by atoms with Crippen LogP contribution in [0.15, 0.2) is 46.6 Å². The smallest absolute Gasteiger partial charge is 0.175 e. The second-order valence-corrected chi connectivity index (χ2v) is 6.17. The van der Waals surface area contributed by atoms with E-state index in [1.807, 2.05) is 36.4 Å². The van der Waals surface area contributed by atoms with Crippen LogP contribution in [-0.2, 0) is 11.3 Å². The second kappa shape index (κ2) is 7.01. The molecule has 116 valence electrons. The van der Waals surface area contributed by atoms with Gasteiger partial charge in [-0.2, -0.15) is 5.26 Å². The Morgan fingerprint density at radius 1 is 1.30 bits per heavy atom. The van der Waals surface area contributed by atoms with Crippen LogP contribution in [0.3, 0.4) is 0 Å². The highest BCUT2D eigenvalue weighted by Gasteiger charge is 2.13. The predicted octanol–water partition coefficient (Wildman–Crippen LogP) is 3.75. The number of hydrogen-bond acceptors (Lipinski definition) is 5. The lowest BCUT2D eigenvalue weighted by atomic mass is 10.3. The van der Waals surface area contributed by atoms with Crippen LogP contribution in [0, 0.1) is 11.3 Å². The molecule has 7 heteroatoms. The molecule has 0 aliphatic rings. The third-order valence-electron chi connectivity index (χ3n) is 3.23. The molecule has 0 atom stereocenters. The predicted molar refractivity (Wildman–Crippen MR) is 89.7 cm³/mol. The van der Waals surface area contributed by atoms with Crippen LogP contribution in [0.25, 0.3) is 11.0 Å². The molecule has 0 bridgehead atoms. The Morgan fingerprint density at radius 2 is 2.17 bits per heavy atom. The normalized spacial score (nSPS) is 10.8. The number of rotatable bonds is 5. The molecule has 5 nitrogen and oxygen atoms in total. The van der Waals surface area contributed by atoms with Gasteiger partial charge in [-0.15, -0.1) is 0 Å². The number of benzene rings is 1. The van der Waals surface area contributed by atoms with Crippen molar-refractivity contribution < 1.29 is 4.74 Å². The highest BCUT2D eigenvalue weighted by molar-refractivity contribution is 7.99. The van der Waals surface area contributed by atoms with Crippen LogP contribution in [0.5, 0.6) is 0 Å². The number of pyridine rings is 1. The summed E-state index contributed by atoms with van der Waals surface area (Å²) in [4.78, 5) is 8.93. The van der Waals surface area contributed by atoms with E-state index < -0.39 is 0 Å². The van der Waals surface area contributed by atoms with Crippen molar-refractivity contribution in [3.05, 3.63) is 47.1 Å². The Hall–Kier alpha value is -2.07. The first-order valence-corrected chi connectivity index (χ1v) is 8.10. The van der Waals surface area contributed by atoms with Gasteiger partial charge in [-0.1, -0.05) is 17.7 Å². The monoisotopic (exact) mass is 344 g/mol. The van der Waals surface area contributed by atoms with E-state index in [1.165, 1.54) is 11.8 Å². The van der Waals surface area contributed by atoms with Crippen LogP contribution in [0.1, 0.15) is 5.69 Å². The Morgan fingerprint density at radius 3 is 2.96 bits per heavy atom. The maximum absolute atomic E-state index is 8.97. The molecule has 3 rings (SSSR count). The van der Waals surface area contributed by atoms with Gasteiger partial charge in [-0.3, -0.25) is 0 Å². The maximum Gasteiger partial charge on any atom is 0.175 e.